The van der Waals surface area contributed by atoms with Gasteiger partial charge in [-0.1, -0.05) is 5.16 Å². The van der Waals surface area contributed by atoms with Crippen LogP contribution in [0.15, 0.2) is 59.9 Å². The van der Waals surface area contributed by atoms with Crippen LogP contribution >= 0.6 is 0 Å². The van der Waals surface area contributed by atoms with Gasteiger partial charge in [0.05, 0.1) is 5.56 Å². The predicted octanol–water partition coefficient (Wildman–Crippen LogP) is 3.23. The second kappa shape index (κ2) is 6.21. The van der Waals surface area contributed by atoms with Crippen molar-refractivity contribution < 1.29 is 10.3 Å². The zero-order valence-electron chi connectivity index (χ0n) is 15.0. The Hall–Kier alpha value is -3.74. The Labute approximate surface area is 155 Å². The number of pyridine rings is 1. The van der Waals surface area contributed by atoms with Crippen molar-refractivity contribution in [2.24, 2.45) is 10.9 Å². The molecule has 0 spiro atoms. The summed E-state index contributed by atoms with van der Waals surface area (Å²) in [7, 11) is 0. The Balaban J connectivity index is 2.22. The fourth-order valence-electron chi connectivity index (χ4n) is 3.47. The van der Waals surface area contributed by atoms with Gasteiger partial charge in [0.15, 0.2) is 5.84 Å². The minimum atomic E-state index is 0.00743. The van der Waals surface area contributed by atoms with Crippen LogP contribution in [-0.2, 0) is 0 Å². The molecule has 0 saturated carbocycles. The Morgan fingerprint density at radius 1 is 1.00 bits per heavy atom. The molecule has 7 nitrogen and oxygen atoms in total. The molecule has 0 aliphatic heterocycles. The largest absolute Gasteiger partial charge is 0.508 e. The molecular weight excluding hydrogens is 342 g/mol. The van der Waals surface area contributed by atoms with Gasteiger partial charge in [0.1, 0.15) is 17.2 Å². The van der Waals surface area contributed by atoms with Crippen molar-refractivity contribution in [3.63, 3.8) is 0 Å². The third-order valence-electron chi connectivity index (χ3n) is 4.66. The molecule has 0 unspecified atom stereocenters. The number of oxime groups is 1. The van der Waals surface area contributed by atoms with Gasteiger partial charge < -0.3 is 20.6 Å². The van der Waals surface area contributed by atoms with Crippen LogP contribution in [0.2, 0.25) is 0 Å². The lowest BCUT2D eigenvalue weighted by Gasteiger charge is -2.16. The second-order valence-electron chi connectivity index (χ2n) is 6.36. The Morgan fingerprint density at radius 2 is 1.67 bits per heavy atom. The molecule has 0 amide bonds. The summed E-state index contributed by atoms with van der Waals surface area (Å²) in [5.41, 5.74) is 10.2. The van der Waals surface area contributed by atoms with E-state index < -0.39 is 0 Å². The molecule has 27 heavy (non-hydrogen) atoms. The number of aromatic hydroxyl groups is 1. The van der Waals surface area contributed by atoms with E-state index in [-0.39, 0.29) is 11.6 Å². The first-order chi connectivity index (χ1) is 13.0. The van der Waals surface area contributed by atoms with Crippen LogP contribution < -0.4 is 5.73 Å². The summed E-state index contributed by atoms with van der Waals surface area (Å²) >= 11 is 0. The SMILES string of the molecule is Cc1ccc(C)n1-c1c(/C(N)=N/O)c2cccnc2n1-c1ccc(O)cc1. The number of phenolic OH excluding ortho intramolecular Hbond substituents is 1. The number of rotatable bonds is 3. The van der Waals surface area contributed by atoms with Crippen LogP contribution in [-0.4, -0.2) is 30.3 Å². The molecule has 3 aromatic heterocycles. The van der Waals surface area contributed by atoms with Gasteiger partial charge in [0, 0.05) is 28.7 Å². The number of nitrogens with two attached hydrogens (primary N) is 1. The van der Waals surface area contributed by atoms with E-state index in [4.69, 9.17) is 5.73 Å². The van der Waals surface area contributed by atoms with Gasteiger partial charge in [-0.15, -0.1) is 0 Å². The number of amidine groups is 1. The summed E-state index contributed by atoms with van der Waals surface area (Å²) in [4.78, 5) is 4.54. The van der Waals surface area contributed by atoms with Gasteiger partial charge in [0.2, 0.25) is 0 Å². The highest BCUT2D eigenvalue weighted by Crippen LogP contribution is 2.33. The Bertz CT molecular complexity index is 1150. The van der Waals surface area contributed by atoms with Gasteiger partial charge >= 0.3 is 0 Å². The standard InChI is InChI=1S/C20H19N5O2/c1-12-5-6-13(2)24(12)20-17(18(21)23-27)16-4-3-11-22-19(16)25(20)14-7-9-15(26)10-8-14/h3-11,26-27H,1-2H3,(H2,21,23). The normalized spacial score (nSPS) is 12.0. The monoisotopic (exact) mass is 361 g/mol. The highest BCUT2D eigenvalue weighted by atomic mass is 16.4. The second-order valence-corrected chi connectivity index (χ2v) is 6.36. The molecule has 136 valence electrons. The number of hydrogen-bond donors (Lipinski definition) is 3. The van der Waals surface area contributed by atoms with Crippen molar-refractivity contribution in [2.45, 2.75) is 13.8 Å². The van der Waals surface area contributed by atoms with E-state index in [1.54, 1.807) is 30.5 Å². The van der Waals surface area contributed by atoms with E-state index in [2.05, 4.69) is 10.1 Å². The smallest absolute Gasteiger partial charge is 0.174 e. The van der Waals surface area contributed by atoms with Crippen LogP contribution in [0.1, 0.15) is 17.0 Å². The maximum absolute atomic E-state index is 9.69. The minimum absolute atomic E-state index is 0.00743. The van der Waals surface area contributed by atoms with Gasteiger partial charge in [0.25, 0.3) is 0 Å². The first-order valence-corrected chi connectivity index (χ1v) is 8.45. The highest BCUT2D eigenvalue weighted by molar-refractivity contribution is 6.12. The van der Waals surface area contributed by atoms with Crippen LogP contribution in [0.4, 0.5) is 0 Å². The van der Waals surface area contributed by atoms with Crippen molar-refractivity contribution >= 4 is 16.9 Å². The molecule has 3 heterocycles. The summed E-state index contributed by atoms with van der Waals surface area (Å²) in [6, 6.07) is 14.6. The maximum Gasteiger partial charge on any atom is 0.174 e. The van der Waals surface area contributed by atoms with Crippen LogP contribution in [0.5, 0.6) is 5.75 Å². The number of hydrogen-bond acceptors (Lipinski definition) is 4. The lowest BCUT2D eigenvalue weighted by Crippen LogP contribution is -2.18. The molecule has 4 rings (SSSR count). The number of aryl methyl sites for hydroxylation is 2. The van der Waals surface area contributed by atoms with Crippen molar-refractivity contribution in [3.05, 3.63) is 71.7 Å². The molecule has 1 aromatic carbocycles. The number of aromatic nitrogens is 3. The third kappa shape index (κ3) is 2.52. The molecular formula is C20H19N5O2. The van der Waals surface area contributed by atoms with Crippen LogP contribution in [0.3, 0.4) is 0 Å². The molecule has 0 saturated heterocycles. The molecule has 0 aliphatic carbocycles. The zero-order chi connectivity index (χ0) is 19.1. The number of phenols is 1. The molecule has 4 aromatic rings. The summed E-state index contributed by atoms with van der Waals surface area (Å²) in [5.74, 6) is 0.910. The van der Waals surface area contributed by atoms with E-state index >= 15 is 0 Å². The molecule has 4 N–H and O–H groups in total. The van der Waals surface area contributed by atoms with Gasteiger partial charge in [-0.2, -0.15) is 0 Å². The summed E-state index contributed by atoms with van der Waals surface area (Å²) < 4.78 is 3.99. The summed E-state index contributed by atoms with van der Waals surface area (Å²) in [5, 5.41) is 23.1. The van der Waals surface area contributed by atoms with E-state index in [0.717, 1.165) is 28.3 Å². The summed E-state index contributed by atoms with van der Waals surface area (Å²) in [6.45, 7) is 3.99. The van der Waals surface area contributed by atoms with E-state index in [1.165, 1.54) is 0 Å². The highest BCUT2D eigenvalue weighted by Gasteiger charge is 2.25. The van der Waals surface area contributed by atoms with Gasteiger partial charge in [-0.25, -0.2) is 4.98 Å². The van der Waals surface area contributed by atoms with Crippen molar-refractivity contribution in [1.29, 1.82) is 0 Å². The van der Waals surface area contributed by atoms with E-state index in [0.29, 0.717) is 11.2 Å². The number of benzene rings is 1. The number of fused-ring (bicyclic) bond motifs is 1. The molecule has 0 bridgehead atoms. The fourth-order valence-corrected chi connectivity index (χ4v) is 3.47. The molecule has 0 atom stereocenters. The van der Waals surface area contributed by atoms with Crippen LogP contribution in [0.25, 0.3) is 22.5 Å². The predicted molar refractivity (Wildman–Crippen MR) is 104 cm³/mol. The third-order valence-corrected chi connectivity index (χ3v) is 4.66. The average Bonchev–Trinajstić information content (AvgIpc) is 3.18. The molecule has 0 radical (unpaired) electrons. The lowest BCUT2D eigenvalue weighted by molar-refractivity contribution is 0.318. The van der Waals surface area contributed by atoms with Crippen molar-refractivity contribution in [2.75, 3.05) is 0 Å². The topological polar surface area (TPSA) is 102 Å². The first kappa shape index (κ1) is 16.7. The zero-order valence-corrected chi connectivity index (χ0v) is 15.0. The Kier molecular flexibility index (Phi) is 3.84. The van der Waals surface area contributed by atoms with E-state index in [1.807, 2.05) is 47.2 Å². The molecule has 7 heteroatoms. The molecule has 0 aliphatic rings. The van der Waals surface area contributed by atoms with Crippen LogP contribution in [0, 0.1) is 13.8 Å². The number of nitrogens with zero attached hydrogens (tertiary/aromatic N) is 4. The molecule has 0 fully saturated rings. The van der Waals surface area contributed by atoms with Crippen molar-refractivity contribution in [3.8, 4) is 17.3 Å². The lowest BCUT2D eigenvalue weighted by atomic mass is 10.2. The average molecular weight is 361 g/mol. The quantitative estimate of drug-likeness (QED) is 0.226. The maximum atomic E-state index is 9.69. The summed E-state index contributed by atoms with van der Waals surface area (Å²) in [6.07, 6.45) is 1.70. The van der Waals surface area contributed by atoms with Crippen molar-refractivity contribution in [1.82, 2.24) is 14.1 Å². The van der Waals surface area contributed by atoms with Gasteiger partial charge in [-0.3, -0.25) is 4.57 Å². The van der Waals surface area contributed by atoms with Gasteiger partial charge in [-0.05, 0) is 62.4 Å². The minimum Gasteiger partial charge on any atom is -0.508 e. The van der Waals surface area contributed by atoms with E-state index in [9.17, 15) is 10.3 Å². The fraction of sp³-hybridized carbons (Fsp3) is 0.100. The Morgan fingerprint density at radius 3 is 2.30 bits per heavy atom. The first-order valence-electron chi connectivity index (χ1n) is 8.45.